The second kappa shape index (κ2) is 9.26. The zero-order valence-electron chi connectivity index (χ0n) is 16.6. The number of halogens is 1. The van der Waals surface area contributed by atoms with Gasteiger partial charge in [0, 0.05) is 37.5 Å². The molecule has 0 aliphatic carbocycles. The van der Waals surface area contributed by atoms with Gasteiger partial charge in [0.15, 0.2) is 0 Å². The number of hydrogen-bond donors (Lipinski definition) is 1. The largest absolute Gasteiger partial charge is 0.467 e. The standard InChI is InChI=1S/C23H22FN5O/c1-16(17-4-6-18(24)7-5-17)11-23-28-19(12-20-14-25-8-9-26-20)13-22(29-23)27-15-21-3-2-10-30-21/h2-10,13-14,16H,11-12,15H2,1H3,(H,27,28,29)/t16-/m1/s1. The van der Waals surface area contributed by atoms with Gasteiger partial charge >= 0.3 is 0 Å². The molecule has 4 aromatic rings. The summed E-state index contributed by atoms with van der Waals surface area (Å²) >= 11 is 0. The van der Waals surface area contributed by atoms with Gasteiger partial charge in [-0.05, 0) is 35.7 Å². The van der Waals surface area contributed by atoms with E-state index in [0.717, 1.165) is 34.4 Å². The second-order valence-electron chi connectivity index (χ2n) is 7.12. The number of aromatic nitrogens is 4. The molecule has 3 aromatic heterocycles. The molecule has 0 saturated heterocycles. The number of benzene rings is 1. The molecule has 1 aromatic carbocycles. The fourth-order valence-corrected chi connectivity index (χ4v) is 3.21. The molecule has 0 amide bonds. The number of furan rings is 1. The van der Waals surface area contributed by atoms with E-state index >= 15 is 0 Å². The van der Waals surface area contributed by atoms with Gasteiger partial charge in [-0.1, -0.05) is 19.1 Å². The molecule has 0 radical (unpaired) electrons. The van der Waals surface area contributed by atoms with Crippen LogP contribution < -0.4 is 5.32 Å². The van der Waals surface area contributed by atoms with E-state index in [9.17, 15) is 4.39 Å². The lowest BCUT2D eigenvalue weighted by atomic mass is 9.97. The maximum Gasteiger partial charge on any atom is 0.131 e. The van der Waals surface area contributed by atoms with E-state index < -0.39 is 0 Å². The highest BCUT2D eigenvalue weighted by Crippen LogP contribution is 2.21. The van der Waals surface area contributed by atoms with E-state index in [1.165, 1.54) is 12.1 Å². The molecule has 0 unspecified atom stereocenters. The van der Waals surface area contributed by atoms with Gasteiger partial charge in [-0.15, -0.1) is 0 Å². The zero-order chi connectivity index (χ0) is 20.8. The first kappa shape index (κ1) is 19.7. The van der Waals surface area contributed by atoms with E-state index in [1.54, 1.807) is 37.0 Å². The molecular weight excluding hydrogens is 381 g/mol. The molecule has 0 spiro atoms. The first-order valence-electron chi connectivity index (χ1n) is 9.79. The summed E-state index contributed by atoms with van der Waals surface area (Å²) < 4.78 is 18.6. The third kappa shape index (κ3) is 5.26. The summed E-state index contributed by atoms with van der Waals surface area (Å²) in [5.74, 6) is 2.18. The molecule has 0 bridgehead atoms. The summed E-state index contributed by atoms with van der Waals surface area (Å²) in [4.78, 5) is 17.9. The number of nitrogens with zero attached hydrogens (tertiary/aromatic N) is 4. The Morgan fingerprint density at radius 1 is 1.07 bits per heavy atom. The Balaban J connectivity index is 1.56. The van der Waals surface area contributed by atoms with Crippen LogP contribution in [0.1, 0.15) is 41.4 Å². The van der Waals surface area contributed by atoms with Gasteiger partial charge in [-0.2, -0.15) is 0 Å². The lowest BCUT2D eigenvalue weighted by molar-refractivity contribution is 0.517. The fourth-order valence-electron chi connectivity index (χ4n) is 3.21. The van der Waals surface area contributed by atoms with Crippen LogP contribution in [0, 0.1) is 5.82 Å². The SMILES string of the molecule is C[C@H](Cc1nc(Cc2cnccn2)cc(NCc2ccco2)n1)c1ccc(F)cc1. The first-order chi connectivity index (χ1) is 14.7. The Morgan fingerprint density at radius 3 is 2.67 bits per heavy atom. The van der Waals surface area contributed by atoms with Crippen LogP contribution in [0.25, 0.3) is 0 Å². The van der Waals surface area contributed by atoms with Crippen molar-refractivity contribution in [2.24, 2.45) is 0 Å². The van der Waals surface area contributed by atoms with Crippen molar-refractivity contribution in [3.05, 3.63) is 102 Å². The van der Waals surface area contributed by atoms with Crippen LogP contribution in [0.5, 0.6) is 0 Å². The predicted octanol–water partition coefficient (Wildman–Crippen LogP) is 4.55. The van der Waals surface area contributed by atoms with E-state index in [1.807, 2.05) is 18.2 Å². The van der Waals surface area contributed by atoms with Crippen LogP contribution in [0.3, 0.4) is 0 Å². The van der Waals surface area contributed by atoms with Crippen molar-refractivity contribution in [1.29, 1.82) is 0 Å². The van der Waals surface area contributed by atoms with Crippen LogP contribution in [0.15, 0.2) is 71.7 Å². The molecule has 1 N–H and O–H groups in total. The lowest BCUT2D eigenvalue weighted by Gasteiger charge is -2.14. The van der Waals surface area contributed by atoms with Gasteiger partial charge in [0.1, 0.15) is 23.2 Å². The highest BCUT2D eigenvalue weighted by molar-refractivity contribution is 5.38. The first-order valence-corrected chi connectivity index (χ1v) is 9.79. The Bertz CT molecular complexity index is 1070. The van der Waals surface area contributed by atoms with Crippen LogP contribution in [0.4, 0.5) is 10.2 Å². The van der Waals surface area contributed by atoms with Crippen LogP contribution in [-0.2, 0) is 19.4 Å². The van der Waals surface area contributed by atoms with Crippen LogP contribution >= 0.6 is 0 Å². The maximum absolute atomic E-state index is 13.2. The van der Waals surface area contributed by atoms with E-state index in [4.69, 9.17) is 9.40 Å². The van der Waals surface area contributed by atoms with Crippen molar-refractivity contribution >= 4 is 5.82 Å². The smallest absolute Gasteiger partial charge is 0.131 e. The van der Waals surface area contributed by atoms with Crippen molar-refractivity contribution in [2.75, 3.05) is 5.32 Å². The predicted molar refractivity (Wildman–Crippen MR) is 111 cm³/mol. The average Bonchev–Trinajstić information content (AvgIpc) is 3.27. The molecule has 3 heterocycles. The highest BCUT2D eigenvalue weighted by Gasteiger charge is 2.12. The summed E-state index contributed by atoms with van der Waals surface area (Å²) in [7, 11) is 0. The topological polar surface area (TPSA) is 76.7 Å². The van der Waals surface area contributed by atoms with Crippen molar-refractivity contribution in [2.45, 2.75) is 32.2 Å². The average molecular weight is 403 g/mol. The minimum atomic E-state index is -0.238. The highest BCUT2D eigenvalue weighted by atomic mass is 19.1. The number of rotatable bonds is 8. The molecule has 1 atom stereocenters. The Labute approximate surface area is 174 Å². The summed E-state index contributed by atoms with van der Waals surface area (Å²) in [6.07, 6.45) is 7.89. The van der Waals surface area contributed by atoms with Crippen molar-refractivity contribution in [3.63, 3.8) is 0 Å². The van der Waals surface area contributed by atoms with E-state index in [2.05, 4.69) is 27.2 Å². The van der Waals surface area contributed by atoms with Gasteiger partial charge in [-0.25, -0.2) is 14.4 Å². The summed E-state index contributed by atoms with van der Waals surface area (Å²) in [6, 6.07) is 12.3. The van der Waals surface area contributed by atoms with Crippen molar-refractivity contribution in [1.82, 2.24) is 19.9 Å². The monoisotopic (exact) mass is 403 g/mol. The molecule has 7 heteroatoms. The van der Waals surface area contributed by atoms with Gasteiger partial charge in [0.2, 0.25) is 0 Å². The fraction of sp³-hybridized carbons (Fsp3) is 0.217. The molecule has 0 saturated carbocycles. The van der Waals surface area contributed by atoms with Gasteiger partial charge in [-0.3, -0.25) is 9.97 Å². The minimum Gasteiger partial charge on any atom is -0.467 e. The van der Waals surface area contributed by atoms with Crippen LogP contribution in [0.2, 0.25) is 0 Å². The number of hydrogen-bond acceptors (Lipinski definition) is 6. The molecule has 6 nitrogen and oxygen atoms in total. The van der Waals surface area contributed by atoms with Crippen LogP contribution in [-0.4, -0.2) is 19.9 Å². The molecule has 4 rings (SSSR count). The third-order valence-corrected chi connectivity index (χ3v) is 4.76. The Morgan fingerprint density at radius 2 is 1.93 bits per heavy atom. The zero-order valence-corrected chi connectivity index (χ0v) is 16.6. The van der Waals surface area contributed by atoms with Gasteiger partial charge < -0.3 is 9.73 Å². The summed E-state index contributed by atoms with van der Waals surface area (Å²) in [5.41, 5.74) is 2.74. The minimum absolute atomic E-state index is 0.148. The van der Waals surface area contributed by atoms with E-state index in [-0.39, 0.29) is 11.7 Å². The van der Waals surface area contributed by atoms with Crippen molar-refractivity contribution in [3.8, 4) is 0 Å². The normalized spacial score (nSPS) is 11.9. The van der Waals surface area contributed by atoms with Crippen molar-refractivity contribution < 1.29 is 8.81 Å². The molecule has 0 fully saturated rings. The summed E-state index contributed by atoms with van der Waals surface area (Å²) in [5, 5.41) is 3.30. The Hall–Kier alpha value is -3.61. The van der Waals surface area contributed by atoms with E-state index in [0.29, 0.717) is 19.4 Å². The molecule has 0 aliphatic heterocycles. The number of nitrogens with one attached hydrogen (secondary N) is 1. The Kier molecular flexibility index (Phi) is 6.08. The quantitative estimate of drug-likeness (QED) is 0.465. The molecule has 152 valence electrons. The molecule has 30 heavy (non-hydrogen) atoms. The third-order valence-electron chi connectivity index (χ3n) is 4.76. The number of anilines is 1. The summed E-state index contributed by atoms with van der Waals surface area (Å²) in [6.45, 7) is 2.61. The lowest BCUT2D eigenvalue weighted by Crippen LogP contribution is -2.10. The maximum atomic E-state index is 13.2. The second-order valence-corrected chi connectivity index (χ2v) is 7.12. The van der Waals surface area contributed by atoms with Gasteiger partial charge in [0.05, 0.1) is 24.2 Å². The molecular formula is C23H22FN5O. The van der Waals surface area contributed by atoms with Gasteiger partial charge in [0.25, 0.3) is 0 Å². The molecule has 0 aliphatic rings.